The molecule has 0 aliphatic heterocycles. The fourth-order valence-corrected chi connectivity index (χ4v) is 2.39. The number of carbonyl (C=O) groups is 1. The van der Waals surface area contributed by atoms with Crippen LogP contribution in [-0.4, -0.2) is 41.6 Å². The summed E-state index contributed by atoms with van der Waals surface area (Å²) in [6.45, 7) is 0.558. The number of carbonyl (C=O) groups excluding carboxylic acids is 1. The summed E-state index contributed by atoms with van der Waals surface area (Å²) in [7, 11) is 4.73. The van der Waals surface area contributed by atoms with Gasteiger partial charge in [-0.3, -0.25) is 0 Å². The van der Waals surface area contributed by atoms with Crippen LogP contribution in [0.25, 0.3) is 0 Å². The number of esters is 1. The van der Waals surface area contributed by atoms with Gasteiger partial charge in [0.1, 0.15) is 17.7 Å². The normalized spacial score (nSPS) is 10.2. The predicted molar refractivity (Wildman–Crippen MR) is 74.1 cm³/mol. The molecule has 8 heteroatoms. The highest BCUT2D eigenvalue weighted by molar-refractivity contribution is 7.05. The van der Waals surface area contributed by atoms with Gasteiger partial charge in [0.2, 0.25) is 5.88 Å². The Morgan fingerprint density at radius 3 is 2.90 bits per heavy atom. The molecule has 2 rings (SSSR count). The third-order valence-corrected chi connectivity index (χ3v) is 3.35. The minimum atomic E-state index is -0.464. The molecule has 20 heavy (non-hydrogen) atoms. The van der Waals surface area contributed by atoms with Gasteiger partial charge in [0, 0.05) is 24.2 Å². The standard InChI is InChI=1S/C12H14N4O3S/c1-16(6-8-4-10(18-2)15-20-8)11-9(12(17)19-3)5-13-7-14-11/h4-5,7H,6H2,1-3H3. The molecule has 2 aromatic heterocycles. The van der Waals surface area contributed by atoms with Crippen LogP contribution >= 0.6 is 11.5 Å². The Balaban J connectivity index is 2.20. The molecule has 0 amide bonds. The third kappa shape index (κ3) is 3.02. The van der Waals surface area contributed by atoms with Crippen molar-refractivity contribution in [3.8, 4) is 5.88 Å². The van der Waals surface area contributed by atoms with Crippen LogP contribution in [0.5, 0.6) is 5.88 Å². The summed E-state index contributed by atoms with van der Waals surface area (Å²) in [5.74, 6) is 0.628. The van der Waals surface area contributed by atoms with Gasteiger partial charge >= 0.3 is 5.97 Å². The van der Waals surface area contributed by atoms with E-state index in [1.807, 2.05) is 18.0 Å². The Labute approximate surface area is 120 Å². The van der Waals surface area contributed by atoms with Crippen molar-refractivity contribution < 1.29 is 14.3 Å². The maximum atomic E-state index is 11.7. The minimum Gasteiger partial charge on any atom is -0.480 e. The monoisotopic (exact) mass is 294 g/mol. The first-order valence-electron chi connectivity index (χ1n) is 5.74. The fraction of sp³-hybridized carbons (Fsp3) is 0.333. The average molecular weight is 294 g/mol. The largest absolute Gasteiger partial charge is 0.480 e. The van der Waals surface area contributed by atoms with Crippen LogP contribution < -0.4 is 9.64 Å². The van der Waals surface area contributed by atoms with Crippen molar-refractivity contribution in [2.45, 2.75) is 6.54 Å². The maximum absolute atomic E-state index is 11.7. The molecule has 0 aliphatic carbocycles. The van der Waals surface area contributed by atoms with Crippen LogP contribution in [0.4, 0.5) is 5.82 Å². The molecule has 0 atom stereocenters. The van der Waals surface area contributed by atoms with E-state index in [1.54, 1.807) is 7.11 Å². The van der Waals surface area contributed by atoms with Crippen LogP contribution in [0, 0.1) is 0 Å². The molecule has 0 aromatic carbocycles. The zero-order valence-electron chi connectivity index (χ0n) is 11.4. The quantitative estimate of drug-likeness (QED) is 0.770. The van der Waals surface area contributed by atoms with Crippen LogP contribution in [0.1, 0.15) is 15.2 Å². The van der Waals surface area contributed by atoms with Gasteiger partial charge in [0.05, 0.1) is 20.8 Å². The lowest BCUT2D eigenvalue weighted by Crippen LogP contribution is -2.21. The molecule has 7 nitrogen and oxygen atoms in total. The van der Waals surface area contributed by atoms with Crippen LogP contribution in [0.3, 0.4) is 0 Å². The van der Waals surface area contributed by atoms with Gasteiger partial charge < -0.3 is 14.4 Å². The van der Waals surface area contributed by atoms with E-state index in [9.17, 15) is 4.79 Å². The highest BCUT2D eigenvalue weighted by atomic mass is 32.1. The second kappa shape index (κ2) is 6.29. The van der Waals surface area contributed by atoms with Crippen LogP contribution in [0.15, 0.2) is 18.6 Å². The van der Waals surface area contributed by atoms with Crippen molar-refractivity contribution in [3.05, 3.63) is 29.0 Å². The Morgan fingerprint density at radius 1 is 1.45 bits per heavy atom. The predicted octanol–water partition coefficient (Wildman–Crippen LogP) is 1.36. The van der Waals surface area contributed by atoms with Gasteiger partial charge in [-0.25, -0.2) is 14.8 Å². The van der Waals surface area contributed by atoms with Crippen molar-refractivity contribution in [3.63, 3.8) is 0 Å². The summed E-state index contributed by atoms with van der Waals surface area (Å²) >= 11 is 1.34. The van der Waals surface area contributed by atoms with Crippen molar-refractivity contribution in [2.24, 2.45) is 0 Å². The van der Waals surface area contributed by atoms with Crippen LogP contribution in [-0.2, 0) is 11.3 Å². The molecular formula is C12H14N4O3S. The van der Waals surface area contributed by atoms with Gasteiger partial charge in [0.15, 0.2) is 0 Å². The molecule has 0 N–H and O–H groups in total. The number of aromatic nitrogens is 3. The molecule has 0 radical (unpaired) electrons. The van der Waals surface area contributed by atoms with E-state index in [4.69, 9.17) is 9.47 Å². The second-order valence-corrected chi connectivity index (χ2v) is 4.83. The van der Waals surface area contributed by atoms with Crippen LogP contribution in [0.2, 0.25) is 0 Å². The lowest BCUT2D eigenvalue weighted by atomic mass is 10.3. The number of nitrogens with zero attached hydrogens (tertiary/aromatic N) is 4. The number of anilines is 1. The molecular weight excluding hydrogens is 280 g/mol. The van der Waals surface area contributed by atoms with E-state index < -0.39 is 5.97 Å². The number of methoxy groups -OCH3 is 2. The average Bonchev–Trinajstić information content (AvgIpc) is 2.94. The maximum Gasteiger partial charge on any atom is 0.343 e. The van der Waals surface area contributed by atoms with Crippen molar-refractivity contribution in [1.82, 2.24) is 14.3 Å². The molecule has 0 saturated carbocycles. The van der Waals surface area contributed by atoms with E-state index in [0.717, 1.165) is 4.88 Å². The first kappa shape index (κ1) is 14.2. The summed E-state index contributed by atoms with van der Waals surface area (Å²) in [4.78, 5) is 22.5. The van der Waals surface area contributed by atoms with Gasteiger partial charge in [-0.1, -0.05) is 0 Å². The van der Waals surface area contributed by atoms with Gasteiger partial charge in [-0.15, -0.1) is 0 Å². The molecule has 0 spiro atoms. The Kier molecular flexibility index (Phi) is 4.46. The number of ether oxygens (including phenoxy) is 2. The number of rotatable bonds is 5. The molecule has 0 fully saturated rings. The van der Waals surface area contributed by atoms with E-state index >= 15 is 0 Å². The highest BCUT2D eigenvalue weighted by Crippen LogP contribution is 2.22. The van der Waals surface area contributed by atoms with Gasteiger partial charge in [-0.2, -0.15) is 4.37 Å². The third-order valence-electron chi connectivity index (χ3n) is 2.60. The Hall–Kier alpha value is -2.22. The molecule has 0 unspecified atom stereocenters. The molecule has 2 aromatic rings. The first-order chi connectivity index (χ1) is 9.65. The van der Waals surface area contributed by atoms with Crippen molar-refractivity contribution in [2.75, 3.05) is 26.2 Å². The SMILES string of the molecule is COC(=O)c1cncnc1N(C)Cc1cc(OC)ns1. The van der Waals surface area contributed by atoms with E-state index in [1.165, 1.54) is 31.2 Å². The molecule has 106 valence electrons. The smallest absolute Gasteiger partial charge is 0.343 e. The zero-order chi connectivity index (χ0) is 14.5. The summed E-state index contributed by atoms with van der Waals surface area (Å²) in [6, 6.07) is 1.85. The molecule has 0 aliphatic rings. The van der Waals surface area contributed by atoms with Gasteiger partial charge in [-0.05, 0) is 11.5 Å². The minimum absolute atomic E-state index is 0.328. The Bertz CT molecular complexity index is 602. The molecule has 0 saturated heterocycles. The fourth-order valence-electron chi connectivity index (χ4n) is 1.65. The van der Waals surface area contributed by atoms with Crippen molar-refractivity contribution >= 4 is 23.3 Å². The molecule has 2 heterocycles. The Morgan fingerprint density at radius 2 is 2.25 bits per heavy atom. The first-order valence-corrected chi connectivity index (χ1v) is 6.52. The lowest BCUT2D eigenvalue weighted by Gasteiger charge is -2.18. The van der Waals surface area contributed by atoms with E-state index in [2.05, 4.69) is 14.3 Å². The highest BCUT2D eigenvalue weighted by Gasteiger charge is 2.17. The number of hydrogen-bond donors (Lipinski definition) is 0. The topological polar surface area (TPSA) is 77.4 Å². The zero-order valence-corrected chi connectivity index (χ0v) is 12.2. The summed E-state index contributed by atoms with van der Waals surface area (Å²) in [5.41, 5.74) is 0.328. The number of hydrogen-bond acceptors (Lipinski definition) is 8. The van der Waals surface area contributed by atoms with E-state index in [0.29, 0.717) is 23.8 Å². The summed E-state index contributed by atoms with van der Waals surface area (Å²) in [5, 5.41) is 0. The lowest BCUT2D eigenvalue weighted by molar-refractivity contribution is 0.0600. The summed E-state index contributed by atoms with van der Waals surface area (Å²) < 4.78 is 13.9. The van der Waals surface area contributed by atoms with Gasteiger partial charge in [0.25, 0.3) is 0 Å². The molecule has 0 bridgehead atoms. The van der Waals surface area contributed by atoms with E-state index in [-0.39, 0.29) is 0 Å². The summed E-state index contributed by atoms with van der Waals surface area (Å²) in [6.07, 6.45) is 2.84. The van der Waals surface area contributed by atoms with Crippen molar-refractivity contribution in [1.29, 1.82) is 0 Å². The second-order valence-electron chi connectivity index (χ2n) is 3.94.